The van der Waals surface area contributed by atoms with Gasteiger partial charge in [0.15, 0.2) is 0 Å². The Balaban J connectivity index is 2.57. The number of aromatic nitrogens is 1. The lowest BCUT2D eigenvalue weighted by Gasteiger charge is -2.15. The van der Waals surface area contributed by atoms with E-state index in [1.54, 1.807) is 6.07 Å². The topological polar surface area (TPSA) is 60.2 Å². The monoisotopic (exact) mass is 217 g/mol. The SMILES string of the molecule is COc1cc(NCC(F)(F)CN)ccn1. The van der Waals surface area contributed by atoms with E-state index in [9.17, 15) is 8.78 Å². The predicted molar refractivity (Wildman–Crippen MR) is 53.3 cm³/mol. The Morgan fingerprint density at radius 2 is 2.33 bits per heavy atom. The van der Waals surface area contributed by atoms with E-state index in [0.717, 1.165) is 0 Å². The Morgan fingerprint density at radius 3 is 2.93 bits per heavy atom. The first-order valence-corrected chi connectivity index (χ1v) is 4.39. The highest BCUT2D eigenvalue weighted by molar-refractivity contribution is 5.45. The molecule has 84 valence electrons. The molecular formula is C9H13F2N3O. The molecule has 0 aliphatic heterocycles. The maximum Gasteiger partial charge on any atom is 0.276 e. The normalized spacial score (nSPS) is 11.2. The van der Waals surface area contributed by atoms with Crippen molar-refractivity contribution in [1.29, 1.82) is 0 Å². The van der Waals surface area contributed by atoms with Gasteiger partial charge in [0.25, 0.3) is 5.92 Å². The average Bonchev–Trinajstić information content (AvgIpc) is 2.27. The van der Waals surface area contributed by atoms with Crippen LogP contribution in [0.1, 0.15) is 0 Å². The quantitative estimate of drug-likeness (QED) is 0.775. The van der Waals surface area contributed by atoms with E-state index >= 15 is 0 Å². The fraction of sp³-hybridized carbons (Fsp3) is 0.444. The number of nitrogens with one attached hydrogen (secondary N) is 1. The van der Waals surface area contributed by atoms with E-state index < -0.39 is 19.0 Å². The van der Waals surface area contributed by atoms with E-state index in [2.05, 4.69) is 10.3 Å². The summed E-state index contributed by atoms with van der Waals surface area (Å²) in [4.78, 5) is 3.85. The lowest BCUT2D eigenvalue weighted by Crippen LogP contribution is -2.35. The first kappa shape index (κ1) is 11.6. The highest BCUT2D eigenvalue weighted by atomic mass is 19.3. The predicted octanol–water partition coefficient (Wildman–Crippen LogP) is 1.10. The Labute approximate surface area is 86.4 Å². The Morgan fingerprint density at radius 1 is 1.60 bits per heavy atom. The van der Waals surface area contributed by atoms with Crippen molar-refractivity contribution >= 4 is 5.69 Å². The molecule has 0 radical (unpaired) electrons. The summed E-state index contributed by atoms with van der Waals surface area (Å²) in [6.45, 7) is -1.18. The number of hydrogen-bond donors (Lipinski definition) is 2. The van der Waals surface area contributed by atoms with Gasteiger partial charge in [-0.05, 0) is 6.07 Å². The highest BCUT2D eigenvalue weighted by Gasteiger charge is 2.26. The van der Waals surface area contributed by atoms with Gasteiger partial charge in [-0.1, -0.05) is 0 Å². The third-order valence-corrected chi connectivity index (χ3v) is 1.79. The third kappa shape index (κ3) is 3.67. The minimum atomic E-state index is -2.91. The van der Waals surface area contributed by atoms with E-state index in [1.807, 2.05) is 0 Å². The van der Waals surface area contributed by atoms with Crippen LogP contribution in [0.4, 0.5) is 14.5 Å². The number of anilines is 1. The molecule has 0 saturated heterocycles. The smallest absolute Gasteiger partial charge is 0.276 e. The van der Waals surface area contributed by atoms with Crippen LogP contribution in [0.25, 0.3) is 0 Å². The zero-order chi connectivity index (χ0) is 11.3. The van der Waals surface area contributed by atoms with Gasteiger partial charge in [0, 0.05) is 18.0 Å². The number of nitrogens with two attached hydrogens (primary N) is 1. The molecule has 0 unspecified atom stereocenters. The van der Waals surface area contributed by atoms with Crippen LogP contribution in [0, 0.1) is 0 Å². The lowest BCUT2D eigenvalue weighted by molar-refractivity contribution is 0.0254. The number of rotatable bonds is 5. The number of pyridine rings is 1. The fourth-order valence-electron chi connectivity index (χ4n) is 0.935. The van der Waals surface area contributed by atoms with Crippen molar-refractivity contribution in [3.63, 3.8) is 0 Å². The number of ether oxygens (including phenoxy) is 1. The van der Waals surface area contributed by atoms with Gasteiger partial charge in [0.2, 0.25) is 5.88 Å². The largest absolute Gasteiger partial charge is 0.481 e. The van der Waals surface area contributed by atoms with Gasteiger partial charge < -0.3 is 15.8 Å². The average molecular weight is 217 g/mol. The van der Waals surface area contributed by atoms with E-state index in [-0.39, 0.29) is 0 Å². The summed E-state index contributed by atoms with van der Waals surface area (Å²) in [5, 5.41) is 2.56. The minimum absolute atomic E-state index is 0.371. The molecule has 0 spiro atoms. The molecule has 0 aromatic carbocycles. The fourth-order valence-corrected chi connectivity index (χ4v) is 0.935. The zero-order valence-electron chi connectivity index (χ0n) is 8.34. The second-order valence-corrected chi connectivity index (χ2v) is 3.00. The van der Waals surface area contributed by atoms with Crippen molar-refractivity contribution in [1.82, 2.24) is 4.98 Å². The summed E-state index contributed by atoms with van der Waals surface area (Å²) in [6, 6.07) is 3.11. The zero-order valence-corrected chi connectivity index (χ0v) is 8.34. The van der Waals surface area contributed by atoms with Crippen LogP contribution in [-0.2, 0) is 0 Å². The van der Waals surface area contributed by atoms with Crippen molar-refractivity contribution in [2.24, 2.45) is 5.73 Å². The van der Waals surface area contributed by atoms with E-state index in [1.165, 1.54) is 19.4 Å². The minimum Gasteiger partial charge on any atom is -0.481 e. The summed E-state index contributed by atoms with van der Waals surface area (Å²) in [6.07, 6.45) is 1.47. The second kappa shape index (κ2) is 4.88. The van der Waals surface area contributed by atoms with Crippen LogP contribution >= 0.6 is 0 Å². The van der Waals surface area contributed by atoms with Gasteiger partial charge in [-0.15, -0.1) is 0 Å². The van der Waals surface area contributed by atoms with Gasteiger partial charge in [0.1, 0.15) is 0 Å². The lowest BCUT2D eigenvalue weighted by atomic mass is 10.3. The first-order valence-electron chi connectivity index (χ1n) is 4.39. The molecule has 3 N–H and O–H groups in total. The van der Waals surface area contributed by atoms with Crippen LogP contribution in [0.15, 0.2) is 18.3 Å². The molecule has 4 nitrogen and oxygen atoms in total. The molecule has 6 heteroatoms. The van der Waals surface area contributed by atoms with Gasteiger partial charge in [0.05, 0.1) is 20.2 Å². The van der Waals surface area contributed by atoms with E-state index in [4.69, 9.17) is 10.5 Å². The molecule has 1 rings (SSSR count). The Hall–Kier alpha value is -1.43. The van der Waals surface area contributed by atoms with Crippen molar-refractivity contribution in [2.45, 2.75) is 5.92 Å². The molecule has 0 saturated carbocycles. The van der Waals surface area contributed by atoms with Crippen molar-refractivity contribution < 1.29 is 13.5 Å². The molecule has 0 amide bonds. The summed E-state index contributed by atoms with van der Waals surface area (Å²) in [5.74, 6) is -2.53. The summed E-state index contributed by atoms with van der Waals surface area (Å²) in [7, 11) is 1.46. The number of nitrogens with zero attached hydrogens (tertiary/aromatic N) is 1. The number of alkyl halides is 2. The summed E-state index contributed by atoms with van der Waals surface area (Å²) >= 11 is 0. The molecule has 0 aliphatic rings. The van der Waals surface area contributed by atoms with Gasteiger partial charge in [-0.2, -0.15) is 0 Å². The molecule has 1 heterocycles. The van der Waals surface area contributed by atoms with Gasteiger partial charge >= 0.3 is 0 Å². The van der Waals surface area contributed by atoms with Crippen molar-refractivity contribution in [3.8, 4) is 5.88 Å². The van der Waals surface area contributed by atoms with Crippen LogP contribution in [0.5, 0.6) is 5.88 Å². The maximum absolute atomic E-state index is 12.8. The molecule has 1 aromatic heterocycles. The van der Waals surface area contributed by atoms with Gasteiger partial charge in [-0.25, -0.2) is 13.8 Å². The standard InChI is InChI=1S/C9H13F2N3O/c1-15-8-4-7(2-3-13-8)14-6-9(10,11)5-12/h2-4H,5-6,12H2,1H3,(H,13,14). The van der Waals surface area contributed by atoms with Crippen LogP contribution in [-0.4, -0.2) is 31.1 Å². The number of halogens is 2. The van der Waals surface area contributed by atoms with Crippen LogP contribution < -0.4 is 15.8 Å². The van der Waals surface area contributed by atoms with Crippen LogP contribution in [0.3, 0.4) is 0 Å². The Bertz CT molecular complexity index is 320. The van der Waals surface area contributed by atoms with E-state index in [0.29, 0.717) is 11.6 Å². The van der Waals surface area contributed by atoms with Gasteiger partial charge in [-0.3, -0.25) is 0 Å². The molecule has 0 fully saturated rings. The van der Waals surface area contributed by atoms with Crippen molar-refractivity contribution in [3.05, 3.63) is 18.3 Å². The summed E-state index contributed by atoms with van der Waals surface area (Å²) < 4.78 is 30.4. The molecule has 0 atom stereocenters. The van der Waals surface area contributed by atoms with Crippen molar-refractivity contribution in [2.75, 3.05) is 25.5 Å². The molecule has 15 heavy (non-hydrogen) atoms. The molecular weight excluding hydrogens is 204 g/mol. The highest BCUT2D eigenvalue weighted by Crippen LogP contribution is 2.16. The third-order valence-electron chi connectivity index (χ3n) is 1.79. The first-order chi connectivity index (χ1) is 7.07. The second-order valence-electron chi connectivity index (χ2n) is 3.00. The maximum atomic E-state index is 12.8. The molecule has 0 bridgehead atoms. The summed E-state index contributed by atoms with van der Waals surface area (Å²) in [5.41, 5.74) is 5.42. The van der Waals surface area contributed by atoms with Crippen LogP contribution in [0.2, 0.25) is 0 Å². The molecule has 0 aliphatic carbocycles. The number of methoxy groups -OCH3 is 1. The number of hydrogen-bond acceptors (Lipinski definition) is 4. The Kier molecular flexibility index (Phi) is 3.79. The molecule has 1 aromatic rings.